The maximum absolute atomic E-state index is 10.3. The largest absolute Gasteiger partial charge is 0.329 e. The van der Waals surface area contributed by atoms with Crippen molar-refractivity contribution >= 4 is 16.0 Å². The molecule has 0 aliphatic heterocycles. The quantitative estimate of drug-likeness (QED) is 0.573. The molecule has 0 aromatic carbocycles. The van der Waals surface area contributed by atoms with Crippen molar-refractivity contribution in [2.24, 2.45) is 0 Å². The fraction of sp³-hybridized carbons (Fsp3) is 0.400. The third kappa shape index (κ3) is 7.01. The van der Waals surface area contributed by atoms with Crippen LogP contribution in [0, 0.1) is 0 Å². The number of carbonyl (C=O) groups is 1. The molecule has 1 amide bonds. The molecule has 64 valence electrons. The van der Waals surface area contributed by atoms with Gasteiger partial charge in [-0.2, -0.15) is 8.42 Å². The summed E-state index contributed by atoms with van der Waals surface area (Å²) in [7, 11) is -4.08. The minimum atomic E-state index is -4.08. The van der Waals surface area contributed by atoms with E-state index in [1.54, 1.807) is 0 Å². The molecular formula is C5H9NO4S. The molecule has 6 heteroatoms. The fourth-order valence-corrected chi connectivity index (χ4v) is 1.02. The summed E-state index contributed by atoms with van der Waals surface area (Å²) < 4.78 is 28.6. The standard InChI is InChI=1S/C5H9NO4S/c1-4(6-5(2)7)3-11(8,9)10/h1,3H2,2H3,(H,6,7)(H,8,9,10). The normalized spacial score (nSPS) is 10.7. The van der Waals surface area contributed by atoms with Crippen molar-refractivity contribution in [3.63, 3.8) is 0 Å². The van der Waals surface area contributed by atoms with E-state index >= 15 is 0 Å². The second kappa shape index (κ2) is 3.49. The summed E-state index contributed by atoms with van der Waals surface area (Å²) in [5.41, 5.74) is -0.0417. The van der Waals surface area contributed by atoms with Crippen molar-refractivity contribution in [3.05, 3.63) is 12.3 Å². The molecule has 0 aliphatic rings. The smallest absolute Gasteiger partial charge is 0.270 e. The van der Waals surface area contributed by atoms with Gasteiger partial charge in [0, 0.05) is 12.6 Å². The van der Waals surface area contributed by atoms with Gasteiger partial charge in [0.1, 0.15) is 5.75 Å². The van der Waals surface area contributed by atoms with E-state index < -0.39 is 21.8 Å². The molecule has 0 saturated carbocycles. The van der Waals surface area contributed by atoms with Crippen LogP contribution in [0.5, 0.6) is 0 Å². The van der Waals surface area contributed by atoms with Crippen LogP contribution in [0.4, 0.5) is 0 Å². The maximum Gasteiger partial charge on any atom is 0.270 e. The minimum absolute atomic E-state index is 0.0417. The molecule has 2 N–H and O–H groups in total. The van der Waals surface area contributed by atoms with Gasteiger partial charge in [0.25, 0.3) is 10.1 Å². The van der Waals surface area contributed by atoms with Gasteiger partial charge in [-0.25, -0.2) is 0 Å². The number of carbonyl (C=O) groups excluding carboxylic acids is 1. The van der Waals surface area contributed by atoms with E-state index in [0.29, 0.717) is 0 Å². The molecule has 0 spiro atoms. The first-order valence-corrected chi connectivity index (χ1v) is 4.32. The molecule has 0 fully saturated rings. The molecule has 11 heavy (non-hydrogen) atoms. The highest BCUT2D eigenvalue weighted by atomic mass is 32.2. The van der Waals surface area contributed by atoms with Gasteiger partial charge >= 0.3 is 0 Å². The summed E-state index contributed by atoms with van der Waals surface area (Å²) >= 11 is 0. The molecule has 0 saturated heterocycles. The van der Waals surface area contributed by atoms with E-state index in [1.807, 2.05) is 0 Å². The first kappa shape index (κ1) is 10.1. The third-order valence-corrected chi connectivity index (χ3v) is 1.42. The Hall–Kier alpha value is -0.880. The van der Waals surface area contributed by atoms with Crippen LogP contribution in [-0.2, 0) is 14.9 Å². The van der Waals surface area contributed by atoms with E-state index in [4.69, 9.17) is 4.55 Å². The number of nitrogens with one attached hydrogen (secondary N) is 1. The van der Waals surface area contributed by atoms with Crippen molar-refractivity contribution in [3.8, 4) is 0 Å². The van der Waals surface area contributed by atoms with Crippen molar-refractivity contribution in [1.82, 2.24) is 5.32 Å². The minimum Gasteiger partial charge on any atom is -0.329 e. The first-order valence-electron chi connectivity index (χ1n) is 2.72. The topological polar surface area (TPSA) is 83.5 Å². The predicted molar refractivity (Wildman–Crippen MR) is 39.4 cm³/mol. The Morgan fingerprint density at radius 3 is 2.36 bits per heavy atom. The summed E-state index contributed by atoms with van der Waals surface area (Å²) in [5.74, 6) is -1.06. The molecule has 0 rings (SSSR count). The van der Waals surface area contributed by atoms with Crippen LogP contribution in [0.2, 0.25) is 0 Å². The SMILES string of the molecule is C=C(CS(=O)(=O)O)NC(C)=O. The number of amides is 1. The molecule has 0 atom stereocenters. The van der Waals surface area contributed by atoms with Gasteiger partial charge in [-0.15, -0.1) is 0 Å². The molecule has 0 radical (unpaired) electrons. The Morgan fingerprint density at radius 2 is 2.09 bits per heavy atom. The van der Waals surface area contributed by atoms with E-state index in [9.17, 15) is 13.2 Å². The Labute approximate surface area is 64.8 Å². The summed E-state index contributed by atoms with van der Waals surface area (Å²) in [6, 6.07) is 0. The van der Waals surface area contributed by atoms with Crippen LogP contribution in [-0.4, -0.2) is 24.6 Å². The van der Waals surface area contributed by atoms with Crippen LogP contribution in [0.3, 0.4) is 0 Å². The molecule has 0 bridgehead atoms. The van der Waals surface area contributed by atoms with Crippen molar-refractivity contribution in [1.29, 1.82) is 0 Å². The molecule has 0 aliphatic carbocycles. The van der Waals surface area contributed by atoms with Crippen LogP contribution in [0.25, 0.3) is 0 Å². The Kier molecular flexibility index (Phi) is 3.21. The Morgan fingerprint density at radius 1 is 1.64 bits per heavy atom. The van der Waals surface area contributed by atoms with Crippen LogP contribution in [0.15, 0.2) is 12.3 Å². The summed E-state index contributed by atoms with van der Waals surface area (Å²) in [6.07, 6.45) is 0. The van der Waals surface area contributed by atoms with Gasteiger partial charge in [-0.1, -0.05) is 6.58 Å². The molecule has 0 unspecified atom stereocenters. The zero-order chi connectivity index (χ0) is 9.07. The molecule has 0 aromatic heterocycles. The summed E-state index contributed by atoms with van der Waals surface area (Å²) in [6.45, 7) is 4.43. The first-order chi connectivity index (χ1) is 4.81. The average Bonchev–Trinajstić information content (AvgIpc) is 1.53. The molecule has 0 aromatic rings. The highest BCUT2D eigenvalue weighted by Gasteiger charge is 2.07. The van der Waals surface area contributed by atoms with Gasteiger partial charge in [0.2, 0.25) is 5.91 Å². The number of rotatable bonds is 3. The zero-order valence-corrected chi connectivity index (χ0v) is 6.81. The zero-order valence-electron chi connectivity index (χ0n) is 5.99. The van der Waals surface area contributed by atoms with E-state index in [1.165, 1.54) is 6.92 Å². The van der Waals surface area contributed by atoms with Gasteiger partial charge in [-0.05, 0) is 0 Å². The second-order valence-electron chi connectivity index (χ2n) is 2.01. The van der Waals surface area contributed by atoms with E-state index in [0.717, 1.165) is 0 Å². The number of hydrogen-bond donors (Lipinski definition) is 2. The van der Waals surface area contributed by atoms with Gasteiger partial charge < -0.3 is 5.32 Å². The average molecular weight is 179 g/mol. The lowest BCUT2D eigenvalue weighted by Crippen LogP contribution is -2.23. The Balaban J connectivity index is 4.01. The summed E-state index contributed by atoms with van der Waals surface area (Å²) in [5, 5.41) is 2.13. The van der Waals surface area contributed by atoms with E-state index in [-0.39, 0.29) is 5.70 Å². The van der Waals surface area contributed by atoms with Gasteiger partial charge in [-0.3, -0.25) is 9.35 Å². The lowest BCUT2D eigenvalue weighted by Gasteiger charge is -2.02. The van der Waals surface area contributed by atoms with Gasteiger partial charge in [0.15, 0.2) is 0 Å². The molecule has 0 heterocycles. The van der Waals surface area contributed by atoms with Gasteiger partial charge in [0.05, 0.1) is 0 Å². The maximum atomic E-state index is 10.3. The Bertz CT molecular complexity index is 266. The lowest BCUT2D eigenvalue weighted by molar-refractivity contribution is -0.118. The third-order valence-electron chi connectivity index (χ3n) is 0.709. The van der Waals surface area contributed by atoms with Crippen LogP contribution in [0.1, 0.15) is 6.92 Å². The van der Waals surface area contributed by atoms with Crippen molar-refractivity contribution in [2.75, 3.05) is 5.75 Å². The lowest BCUT2D eigenvalue weighted by atomic mass is 10.5. The predicted octanol–water partition coefficient (Wildman–Crippen LogP) is -0.476. The van der Waals surface area contributed by atoms with Crippen LogP contribution >= 0.6 is 0 Å². The van der Waals surface area contributed by atoms with Crippen molar-refractivity contribution < 1.29 is 17.8 Å². The van der Waals surface area contributed by atoms with E-state index in [2.05, 4.69) is 11.9 Å². The highest BCUT2D eigenvalue weighted by molar-refractivity contribution is 7.85. The molecule has 5 nitrogen and oxygen atoms in total. The fourth-order valence-electron chi connectivity index (χ4n) is 0.505. The highest BCUT2D eigenvalue weighted by Crippen LogP contribution is 1.90. The summed E-state index contributed by atoms with van der Waals surface area (Å²) in [4.78, 5) is 10.3. The monoisotopic (exact) mass is 179 g/mol. The molecular weight excluding hydrogens is 170 g/mol. The second-order valence-corrected chi connectivity index (χ2v) is 3.46. The van der Waals surface area contributed by atoms with Crippen LogP contribution < -0.4 is 5.32 Å². The number of hydrogen-bond acceptors (Lipinski definition) is 3. The van der Waals surface area contributed by atoms with Crippen molar-refractivity contribution in [2.45, 2.75) is 6.92 Å².